The van der Waals surface area contributed by atoms with Gasteiger partial charge in [0.1, 0.15) is 11.8 Å². The van der Waals surface area contributed by atoms with Gasteiger partial charge in [-0.3, -0.25) is 4.98 Å². The van der Waals surface area contributed by atoms with Gasteiger partial charge in [-0.05, 0) is 25.7 Å². The summed E-state index contributed by atoms with van der Waals surface area (Å²) in [5.41, 5.74) is 0.471. The van der Waals surface area contributed by atoms with Crippen LogP contribution >= 0.6 is 0 Å². The molecule has 1 fully saturated rings. The summed E-state index contributed by atoms with van der Waals surface area (Å²) in [5.74, 6) is 0.755. The lowest BCUT2D eigenvalue weighted by Gasteiger charge is -2.33. The van der Waals surface area contributed by atoms with Gasteiger partial charge >= 0.3 is 0 Å². The van der Waals surface area contributed by atoms with Gasteiger partial charge in [0.2, 0.25) is 5.88 Å². The first-order valence-electron chi connectivity index (χ1n) is 7.42. The Bertz CT molecular complexity index is 408. The first-order chi connectivity index (χ1) is 9.77. The minimum absolute atomic E-state index is 0.231. The molecule has 0 aliphatic heterocycles. The molecule has 1 aliphatic rings. The van der Waals surface area contributed by atoms with Crippen molar-refractivity contribution in [3.63, 3.8) is 0 Å². The minimum atomic E-state index is -0.790. The average molecular weight is 280 g/mol. The topological polar surface area (TPSA) is 64.5 Å². The number of aliphatic hydroxyl groups is 1. The quantitative estimate of drug-likeness (QED) is 0.867. The summed E-state index contributed by atoms with van der Waals surface area (Å²) in [6, 6.07) is 0. The predicted molar refractivity (Wildman–Crippen MR) is 75.5 cm³/mol. The smallest absolute Gasteiger partial charge is 0.238 e. The molecule has 112 valence electrons. The van der Waals surface area contributed by atoms with Gasteiger partial charge in [0.05, 0.1) is 13.2 Å². The molecule has 1 saturated carbocycles. The third-order valence-corrected chi connectivity index (χ3v) is 3.95. The summed E-state index contributed by atoms with van der Waals surface area (Å²) in [7, 11) is 1.54. The molecule has 1 N–H and O–H groups in total. The third kappa shape index (κ3) is 3.46. The third-order valence-electron chi connectivity index (χ3n) is 3.95. The number of rotatable bonds is 6. The van der Waals surface area contributed by atoms with Crippen LogP contribution in [-0.4, -0.2) is 34.9 Å². The summed E-state index contributed by atoms with van der Waals surface area (Å²) >= 11 is 0. The number of methoxy groups -OCH3 is 1. The van der Waals surface area contributed by atoms with E-state index >= 15 is 0 Å². The van der Waals surface area contributed by atoms with Crippen LogP contribution in [-0.2, 0) is 4.74 Å². The highest BCUT2D eigenvalue weighted by Gasteiger charge is 2.33. The van der Waals surface area contributed by atoms with E-state index in [1.807, 2.05) is 6.92 Å². The monoisotopic (exact) mass is 280 g/mol. The fourth-order valence-electron chi connectivity index (χ4n) is 2.99. The molecule has 1 aromatic heterocycles. The maximum absolute atomic E-state index is 10.7. The van der Waals surface area contributed by atoms with E-state index in [2.05, 4.69) is 9.97 Å². The Morgan fingerprint density at radius 2 is 1.95 bits per heavy atom. The molecular weight excluding hydrogens is 256 g/mol. The maximum Gasteiger partial charge on any atom is 0.238 e. The molecular formula is C15H24N2O3. The van der Waals surface area contributed by atoms with Gasteiger partial charge < -0.3 is 14.6 Å². The zero-order chi connectivity index (χ0) is 14.4. The molecule has 0 radical (unpaired) electrons. The van der Waals surface area contributed by atoms with E-state index in [1.165, 1.54) is 26.4 Å². The molecule has 0 spiro atoms. The number of aromatic nitrogens is 2. The average Bonchev–Trinajstić information content (AvgIpc) is 2.52. The van der Waals surface area contributed by atoms with Crippen molar-refractivity contribution in [2.45, 2.75) is 51.2 Å². The highest BCUT2D eigenvalue weighted by Crippen LogP contribution is 2.35. The van der Waals surface area contributed by atoms with E-state index in [-0.39, 0.29) is 6.10 Å². The molecule has 20 heavy (non-hydrogen) atoms. The lowest BCUT2D eigenvalue weighted by molar-refractivity contribution is -0.0762. The Hall–Kier alpha value is -1.20. The summed E-state index contributed by atoms with van der Waals surface area (Å²) in [6.07, 6.45) is 8.01. The lowest BCUT2D eigenvalue weighted by atomic mass is 9.82. The number of ether oxygens (including phenoxy) is 2. The van der Waals surface area contributed by atoms with Crippen molar-refractivity contribution < 1.29 is 14.6 Å². The van der Waals surface area contributed by atoms with Crippen LogP contribution in [0.25, 0.3) is 0 Å². The Morgan fingerprint density at radius 3 is 2.60 bits per heavy atom. The highest BCUT2D eigenvalue weighted by molar-refractivity contribution is 5.21. The molecule has 0 bridgehead atoms. The highest BCUT2D eigenvalue weighted by atomic mass is 16.5. The Kier molecular flexibility index (Phi) is 5.73. The van der Waals surface area contributed by atoms with Crippen molar-refractivity contribution >= 4 is 0 Å². The Morgan fingerprint density at radius 1 is 1.25 bits per heavy atom. The van der Waals surface area contributed by atoms with E-state index in [9.17, 15) is 5.11 Å². The fourth-order valence-corrected chi connectivity index (χ4v) is 2.99. The van der Waals surface area contributed by atoms with E-state index < -0.39 is 6.10 Å². The van der Waals surface area contributed by atoms with Crippen LogP contribution in [0.1, 0.15) is 50.8 Å². The number of aliphatic hydroxyl groups excluding tert-OH is 1. The van der Waals surface area contributed by atoms with Gasteiger partial charge in [-0.1, -0.05) is 19.3 Å². The van der Waals surface area contributed by atoms with Gasteiger partial charge in [-0.2, -0.15) is 0 Å². The van der Waals surface area contributed by atoms with Gasteiger partial charge in [0, 0.05) is 19.0 Å². The molecule has 1 aliphatic carbocycles. The summed E-state index contributed by atoms with van der Waals surface area (Å²) in [4.78, 5) is 8.34. The molecule has 0 amide bonds. The minimum Gasteiger partial charge on any atom is -0.480 e. The maximum atomic E-state index is 10.7. The second-order valence-electron chi connectivity index (χ2n) is 5.21. The molecule has 5 nitrogen and oxygen atoms in total. The summed E-state index contributed by atoms with van der Waals surface area (Å²) < 4.78 is 11.0. The van der Waals surface area contributed by atoms with Crippen molar-refractivity contribution in [2.24, 2.45) is 5.92 Å². The lowest BCUT2D eigenvalue weighted by Crippen LogP contribution is -2.33. The second kappa shape index (κ2) is 7.55. The number of nitrogens with zero attached hydrogens (tertiary/aromatic N) is 2. The molecule has 2 unspecified atom stereocenters. The summed E-state index contributed by atoms with van der Waals surface area (Å²) in [5, 5.41) is 10.7. The predicted octanol–water partition coefficient (Wildman–Crippen LogP) is 2.50. The number of hydrogen-bond donors (Lipinski definition) is 1. The SMILES string of the molecule is CCOC(C1CCCCC1)C(O)c1nccnc1OC. The van der Waals surface area contributed by atoms with Gasteiger partial charge in [-0.15, -0.1) is 0 Å². The summed E-state index contributed by atoms with van der Waals surface area (Å²) in [6.45, 7) is 2.54. The second-order valence-corrected chi connectivity index (χ2v) is 5.21. The zero-order valence-electron chi connectivity index (χ0n) is 12.3. The van der Waals surface area contributed by atoms with Crippen LogP contribution < -0.4 is 4.74 Å². The van der Waals surface area contributed by atoms with Crippen molar-refractivity contribution in [2.75, 3.05) is 13.7 Å². The van der Waals surface area contributed by atoms with Gasteiger partial charge in [0.15, 0.2) is 0 Å². The standard InChI is InChI=1S/C15H24N2O3/c1-3-20-14(11-7-5-4-6-8-11)13(18)12-15(19-2)17-10-9-16-12/h9-11,13-14,18H,3-8H2,1-2H3. The van der Waals surface area contributed by atoms with Crippen LogP contribution in [0, 0.1) is 5.92 Å². The van der Waals surface area contributed by atoms with E-state index in [0.29, 0.717) is 24.1 Å². The van der Waals surface area contributed by atoms with Crippen molar-refractivity contribution in [1.29, 1.82) is 0 Å². The van der Waals surface area contributed by atoms with Crippen LogP contribution in [0.5, 0.6) is 5.88 Å². The zero-order valence-corrected chi connectivity index (χ0v) is 12.3. The van der Waals surface area contributed by atoms with Crippen LogP contribution in [0.3, 0.4) is 0 Å². The number of hydrogen-bond acceptors (Lipinski definition) is 5. The van der Waals surface area contributed by atoms with E-state index in [0.717, 1.165) is 12.8 Å². The molecule has 1 heterocycles. The van der Waals surface area contributed by atoms with E-state index in [1.54, 1.807) is 12.4 Å². The van der Waals surface area contributed by atoms with Crippen molar-refractivity contribution in [3.8, 4) is 5.88 Å². The first-order valence-corrected chi connectivity index (χ1v) is 7.42. The largest absolute Gasteiger partial charge is 0.480 e. The molecule has 1 aromatic rings. The fraction of sp³-hybridized carbons (Fsp3) is 0.733. The van der Waals surface area contributed by atoms with Crippen LogP contribution in [0.2, 0.25) is 0 Å². The molecule has 2 rings (SSSR count). The molecule has 2 atom stereocenters. The van der Waals surface area contributed by atoms with Crippen molar-refractivity contribution in [3.05, 3.63) is 18.1 Å². The molecule has 0 aromatic carbocycles. The Labute approximate surface area is 120 Å². The van der Waals surface area contributed by atoms with E-state index in [4.69, 9.17) is 9.47 Å². The van der Waals surface area contributed by atoms with Gasteiger partial charge in [-0.25, -0.2) is 4.98 Å². The Balaban J connectivity index is 2.18. The van der Waals surface area contributed by atoms with Crippen LogP contribution in [0.15, 0.2) is 12.4 Å². The first kappa shape index (κ1) is 15.2. The molecule has 5 heteroatoms. The van der Waals surface area contributed by atoms with Crippen LogP contribution in [0.4, 0.5) is 0 Å². The molecule has 0 saturated heterocycles. The normalized spacial score (nSPS) is 19.6. The van der Waals surface area contributed by atoms with Crippen molar-refractivity contribution in [1.82, 2.24) is 9.97 Å². The van der Waals surface area contributed by atoms with Gasteiger partial charge in [0.25, 0.3) is 0 Å².